The maximum absolute atomic E-state index is 13.1. The van der Waals surface area contributed by atoms with Crippen molar-refractivity contribution in [2.75, 3.05) is 18.4 Å². The van der Waals surface area contributed by atoms with E-state index in [0.717, 1.165) is 21.2 Å². The highest BCUT2D eigenvalue weighted by Gasteiger charge is 2.28. The van der Waals surface area contributed by atoms with Gasteiger partial charge in [-0.05, 0) is 47.4 Å². The molecule has 0 unspecified atom stereocenters. The normalized spacial score (nSPS) is 14.3. The molecule has 0 saturated carbocycles. The number of halogens is 1. The first-order chi connectivity index (χ1) is 16.6. The summed E-state index contributed by atoms with van der Waals surface area (Å²) in [4.78, 5) is 33.1. The van der Waals surface area contributed by atoms with E-state index >= 15 is 0 Å². The van der Waals surface area contributed by atoms with Gasteiger partial charge in [0.25, 0.3) is 5.91 Å². The van der Waals surface area contributed by atoms with Gasteiger partial charge in [-0.3, -0.25) is 9.59 Å². The van der Waals surface area contributed by atoms with Gasteiger partial charge >= 0.3 is 0 Å². The van der Waals surface area contributed by atoms with Crippen LogP contribution in [0.3, 0.4) is 0 Å². The highest BCUT2D eigenvalue weighted by Crippen LogP contribution is 2.26. The molecule has 34 heavy (non-hydrogen) atoms. The second kappa shape index (κ2) is 9.73. The average molecular weight is 474 g/mol. The standard InChI is InChI=1S/C27H24FN3O2S/c28-21-10-8-18(9-11-21)16-22-17-29-27(34-22)30-25(32)20-12-14-31(15-13-20)26(33)24-7-3-5-19-4-1-2-6-23(19)24/h1-11,17,20H,12-16H2,(H,29,30,32). The molecule has 2 heterocycles. The Morgan fingerprint density at radius 1 is 1.00 bits per heavy atom. The lowest BCUT2D eigenvalue weighted by atomic mass is 9.95. The molecule has 1 aromatic heterocycles. The van der Waals surface area contributed by atoms with E-state index in [2.05, 4.69) is 10.3 Å². The number of nitrogens with zero attached hydrogens (tertiary/aromatic N) is 2. The van der Waals surface area contributed by atoms with Gasteiger partial charge < -0.3 is 10.2 Å². The Morgan fingerprint density at radius 3 is 2.53 bits per heavy atom. The summed E-state index contributed by atoms with van der Waals surface area (Å²) in [5, 5.41) is 5.50. The second-order valence-electron chi connectivity index (χ2n) is 8.52. The molecule has 7 heteroatoms. The van der Waals surface area contributed by atoms with Crippen LogP contribution in [0.4, 0.5) is 9.52 Å². The smallest absolute Gasteiger partial charge is 0.254 e. The number of likely N-dealkylation sites (tertiary alicyclic amines) is 1. The van der Waals surface area contributed by atoms with Gasteiger partial charge in [0, 0.05) is 42.1 Å². The molecule has 2 amide bonds. The summed E-state index contributed by atoms with van der Waals surface area (Å²) in [5.41, 5.74) is 1.70. The maximum atomic E-state index is 13.1. The van der Waals surface area contributed by atoms with E-state index in [9.17, 15) is 14.0 Å². The number of carbonyl (C=O) groups is 2. The summed E-state index contributed by atoms with van der Waals surface area (Å²) < 4.78 is 13.1. The van der Waals surface area contributed by atoms with Gasteiger partial charge in [0.05, 0.1) is 0 Å². The van der Waals surface area contributed by atoms with Crippen molar-refractivity contribution >= 4 is 39.1 Å². The lowest BCUT2D eigenvalue weighted by Gasteiger charge is -2.31. The van der Waals surface area contributed by atoms with Crippen LogP contribution in [0.25, 0.3) is 10.8 Å². The predicted octanol–water partition coefficient (Wildman–Crippen LogP) is 5.52. The summed E-state index contributed by atoms with van der Waals surface area (Å²) in [5.74, 6) is -0.451. The van der Waals surface area contributed by atoms with E-state index in [1.165, 1.54) is 23.5 Å². The number of nitrogens with one attached hydrogen (secondary N) is 1. The molecule has 0 atom stereocenters. The third kappa shape index (κ3) is 4.84. The minimum Gasteiger partial charge on any atom is -0.339 e. The number of anilines is 1. The van der Waals surface area contributed by atoms with E-state index < -0.39 is 0 Å². The van der Waals surface area contributed by atoms with Crippen molar-refractivity contribution in [3.63, 3.8) is 0 Å². The molecule has 0 bridgehead atoms. The van der Waals surface area contributed by atoms with Crippen molar-refractivity contribution < 1.29 is 14.0 Å². The van der Waals surface area contributed by atoms with Gasteiger partial charge in [-0.2, -0.15) is 0 Å². The minimum absolute atomic E-state index is 0.0148. The number of hydrogen-bond donors (Lipinski definition) is 1. The van der Waals surface area contributed by atoms with Crippen molar-refractivity contribution in [1.29, 1.82) is 0 Å². The van der Waals surface area contributed by atoms with Gasteiger partial charge in [-0.25, -0.2) is 9.37 Å². The van der Waals surface area contributed by atoms with Crippen LogP contribution in [-0.2, 0) is 11.2 Å². The van der Waals surface area contributed by atoms with Crippen LogP contribution in [0.2, 0.25) is 0 Å². The van der Waals surface area contributed by atoms with E-state index in [0.29, 0.717) is 43.0 Å². The first-order valence-electron chi connectivity index (χ1n) is 11.3. The second-order valence-corrected chi connectivity index (χ2v) is 9.63. The summed E-state index contributed by atoms with van der Waals surface area (Å²) in [6.45, 7) is 1.10. The Labute approximate surface area is 201 Å². The van der Waals surface area contributed by atoms with Crippen LogP contribution in [-0.4, -0.2) is 34.8 Å². The van der Waals surface area contributed by atoms with Gasteiger partial charge in [-0.15, -0.1) is 11.3 Å². The molecular formula is C27H24FN3O2S. The molecule has 0 radical (unpaired) electrons. The molecule has 1 saturated heterocycles. The molecule has 3 aromatic carbocycles. The van der Waals surface area contributed by atoms with Crippen LogP contribution in [0, 0.1) is 11.7 Å². The predicted molar refractivity (Wildman–Crippen MR) is 133 cm³/mol. The molecule has 0 aliphatic carbocycles. The number of carbonyl (C=O) groups excluding carboxylic acids is 2. The van der Waals surface area contributed by atoms with Crippen LogP contribution in [0.5, 0.6) is 0 Å². The summed E-state index contributed by atoms with van der Waals surface area (Å²) in [6.07, 6.45) is 3.63. The third-order valence-corrected chi connectivity index (χ3v) is 7.16. The van der Waals surface area contributed by atoms with E-state index in [1.807, 2.05) is 47.4 Å². The highest BCUT2D eigenvalue weighted by atomic mass is 32.1. The van der Waals surface area contributed by atoms with Gasteiger partial charge in [0.1, 0.15) is 5.82 Å². The Morgan fingerprint density at radius 2 is 1.74 bits per heavy atom. The highest BCUT2D eigenvalue weighted by molar-refractivity contribution is 7.15. The fourth-order valence-corrected chi connectivity index (χ4v) is 5.23. The first-order valence-corrected chi connectivity index (χ1v) is 12.2. The largest absolute Gasteiger partial charge is 0.339 e. The topological polar surface area (TPSA) is 62.3 Å². The number of aromatic nitrogens is 1. The molecule has 1 aliphatic heterocycles. The molecule has 172 valence electrons. The zero-order valence-corrected chi connectivity index (χ0v) is 19.4. The van der Waals surface area contributed by atoms with Crippen LogP contribution >= 0.6 is 11.3 Å². The molecule has 1 N–H and O–H groups in total. The van der Waals surface area contributed by atoms with Crippen LogP contribution in [0.1, 0.15) is 33.6 Å². The zero-order valence-electron chi connectivity index (χ0n) is 18.5. The summed E-state index contributed by atoms with van der Waals surface area (Å²) in [6, 6.07) is 20.1. The van der Waals surface area contributed by atoms with E-state index in [4.69, 9.17) is 0 Å². The first kappa shape index (κ1) is 22.2. The number of thiazole rings is 1. The van der Waals surface area contributed by atoms with Crippen LogP contribution in [0.15, 0.2) is 72.9 Å². The Kier molecular flexibility index (Phi) is 6.36. The van der Waals surface area contributed by atoms with Gasteiger partial charge in [0.15, 0.2) is 5.13 Å². The minimum atomic E-state index is -0.258. The summed E-state index contributed by atoms with van der Waals surface area (Å²) >= 11 is 1.43. The molecule has 4 aromatic rings. The van der Waals surface area contributed by atoms with Crippen molar-refractivity contribution in [1.82, 2.24) is 9.88 Å². The fraction of sp³-hybridized carbons (Fsp3) is 0.222. The maximum Gasteiger partial charge on any atom is 0.254 e. The number of hydrogen-bond acceptors (Lipinski definition) is 4. The van der Waals surface area contributed by atoms with Crippen molar-refractivity contribution in [2.45, 2.75) is 19.3 Å². The Hall–Kier alpha value is -3.58. The number of piperidine rings is 1. The quantitative estimate of drug-likeness (QED) is 0.415. The zero-order chi connectivity index (χ0) is 23.5. The van der Waals surface area contributed by atoms with Crippen LogP contribution < -0.4 is 5.32 Å². The average Bonchev–Trinajstić information content (AvgIpc) is 3.31. The monoisotopic (exact) mass is 473 g/mol. The van der Waals surface area contributed by atoms with Crippen molar-refractivity contribution in [3.8, 4) is 0 Å². The van der Waals surface area contributed by atoms with E-state index in [1.54, 1.807) is 18.3 Å². The molecule has 1 fully saturated rings. The van der Waals surface area contributed by atoms with Gasteiger partial charge in [-0.1, -0.05) is 48.5 Å². The molecule has 5 nitrogen and oxygen atoms in total. The fourth-order valence-electron chi connectivity index (χ4n) is 4.38. The Balaban J connectivity index is 1.17. The molecule has 1 aliphatic rings. The number of fused-ring (bicyclic) bond motifs is 1. The Bertz CT molecular complexity index is 1320. The molecular weight excluding hydrogens is 449 g/mol. The lowest BCUT2D eigenvalue weighted by molar-refractivity contribution is -0.121. The molecule has 0 spiro atoms. The number of benzene rings is 3. The van der Waals surface area contributed by atoms with Crippen molar-refractivity contribution in [2.24, 2.45) is 5.92 Å². The van der Waals surface area contributed by atoms with E-state index in [-0.39, 0.29) is 23.5 Å². The SMILES string of the molecule is O=C(Nc1ncc(Cc2ccc(F)cc2)s1)C1CCN(C(=O)c2cccc3ccccc23)CC1. The summed E-state index contributed by atoms with van der Waals surface area (Å²) in [7, 11) is 0. The van der Waals surface area contributed by atoms with Crippen molar-refractivity contribution in [3.05, 3.63) is 94.7 Å². The number of rotatable bonds is 5. The molecule has 5 rings (SSSR count). The third-order valence-electron chi connectivity index (χ3n) is 6.25. The van der Waals surface area contributed by atoms with Gasteiger partial charge in [0.2, 0.25) is 5.91 Å². The number of amides is 2. The lowest BCUT2D eigenvalue weighted by Crippen LogP contribution is -2.41.